The maximum absolute atomic E-state index is 10.3. The molecule has 0 fully saturated rings. The van der Waals surface area contributed by atoms with Crippen LogP contribution in [0.15, 0.2) is 48.5 Å². The van der Waals surface area contributed by atoms with Crippen LogP contribution in [0.5, 0.6) is 5.75 Å². The molecule has 1 atom stereocenters. The topological polar surface area (TPSA) is 32.7 Å². The number of aryl methyl sites for hydroxylation is 1. The molecule has 130 valence electrons. The molecule has 3 nitrogen and oxygen atoms in total. The highest BCUT2D eigenvalue weighted by Gasteiger charge is 2.13. The zero-order valence-corrected chi connectivity index (χ0v) is 15.2. The molecule has 2 aromatic rings. The number of hydrogen-bond acceptors (Lipinski definition) is 3. The first-order chi connectivity index (χ1) is 11.5. The molecule has 0 unspecified atom stereocenters. The van der Waals surface area contributed by atoms with Crippen molar-refractivity contribution in [3.8, 4) is 5.75 Å². The van der Waals surface area contributed by atoms with E-state index < -0.39 is 6.10 Å². The number of rotatable bonds is 8. The summed E-state index contributed by atoms with van der Waals surface area (Å²) in [5.41, 5.74) is 3.60. The number of likely N-dealkylation sites (N-methyl/N-ethyl adjacent to an activating group) is 1. The van der Waals surface area contributed by atoms with Crippen molar-refractivity contribution in [3.05, 3.63) is 65.2 Å². The number of aliphatic hydroxyl groups is 1. The minimum absolute atomic E-state index is 0.308. The predicted molar refractivity (Wildman–Crippen MR) is 99.5 cm³/mol. The van der Waals surface area contributed by atoms with Crippen LogP contribution in [0.2, 0.25) is 0 Å². The Balaban J connectivity index is 1.87. The van der Waals surface area contributed by atoms with Gasteiger partial charge in [0.05, 0.1) is 0 Å². The molecule has 0 aliphatic heterocycles. The minimum atomic E-state index is -0.515. The third kappa shape index (κ3) is 5.66. The largest absolute Gasteiger partial charge is 0.491 e. The van der Waals surface area contributed by atoms with Crippen LogP contribution in [0.25, 0.3) is 0 Å². The van der Waals surface area contributed by atoms with Crippen LogP contribution in [0, 0.1) is 6.92 Å². The molecule has 0 saturated carbocycles. The highest BCUT2D eigenvalue weighted by molar-refractivity contribution is 5.39. The second kappa shape index (κ2) is 8.86. The van der Waals surface area contributed by atoms with Gasteiger partial charge in [-0.25, -0.2) is 0 Å². The van der Waals surface area contributed by atoms with E-state index in [1.54, 1.807) is 0 Å². The van der Waals surface area contributed by atoms with Crippen molar-refractivity contribution in [1.29, 1.82) is 0 Å². The van der Waals surface area contributed by atoms with Crippen molar-refractivity contribution in [2.75, 3.05) is 20.2 Å². The van der Waals surface area contributed by atoms with Gasteiger partial charge in [0.1, 0.15) is 18.5 Å². The quantitative estimate of drug-likeness (QED) is 0.796. The van der Waals surface area contributed by atoms with Gasteiger partial charge in [-0.15, -0.1) is 0 Å². The van der Waals surface area contributed by atoms with Crippen molar-refractivity contribution in [3.63, 3.8) is 0 Å². The van der Waals surface area contributed by atoms with E-state index in [1.165, 1.54) is 16.7 Å². The molecule has 3 heteroatoms. The molecule has 0 heterocycles. The second-order valence-electron chi connectivity index (χ2n) is 6.84. The normalized spacial score (nSPS) is 12.6. The molecule has 0 aliphatic carbocycles. The molecule has 0 saturated heterocycles. The third-order valence-electron chi connectivity index (χ3n) is 4.04. The van der Waals surface area contributed by atoms with E-state index in [4.69, 9.17) is 4.74 Å². The van der Waals surface area contributed by atoms with Gasteiger partial charge in [0, 0.05) is 13.1 Å². The Bertz CT molecular complexity index is 625. The smallest absolute Gasteiger partial charge is 0.123 e. The zero-order chi connectivity index (χ0) is 17.5. The monoisotopic (exact) mass is 327 g/mol. The van der Waals surface area contributed by atoms with Gasteiger partial charge in [-0.3, -0.25) is 4.90 Å². The van der Waals surface area contributed by atoms with Crippen molar-refractivity contribution < 1.29 is 9.84 Å². The molecule has 2 rings (SSSR count). The van der Waals surface area contributed by atoms with Crippen LogP contribution >= 0.6 is 0 Å². The Kier molecular flexibility index (Phi) is 6.83. The van der Waals surface area contributed by atoms with E-state index in [1.807, 2.05) is 25.2 Å². The number of hydrogen-bond donors (Lipinski definition) is 1. The minimum Gasteiger partial charge on any atom is -0.491 e. The summed E-state index contributed by atoms with van der Waals surface area (Å²) in [5, 5.41) is 10.3. The average molecular weight is 327 g/mol. The average Bonchev–Trinajstić information content (AvgIpc) is 2.53. The Hall–Kier alpha value is -1.84. The number of ether oxygens (including phenoxy) is 1. The maximum Gasteiger partial charge on any atom is 0.123 e. The summed E-state index contributed by atoms with van der Waals surface area (Å²) in [6, 6.07) is 16.6. The fourth-order valence-corrected chi connectivity index (χ4v) is 2.80. The van der Waals surface area contributed by atoms with E-state index in [0.29, 0.717) is 19.1 Å². The van der Waals surface area contributed by atoms with Crippen LogP contribution in [0.3, 0.4) is 0 Å². The number of benzene rings is 2. The highest BCUT2D eigenvalue weighted by Crippen LogP contribution is 2.27. The van der Waals surface area contributed by atoms with Crippen LogP contribution < -0.4 is 4.74 Å². The molecule has 0 spiro atoms. The van der Waals surface area contributed by atoms with Gasteiger partial charge >= 0.3 is 0 Å². The summed E-state index contributed by atoms with van der Waals surface area (Å²) in [4.78, 5) is 2.11. The lowest BCUT2D eigenvalue weighted by Gasteiger charge is -2.22. The first-order valence-electron chi connectivity index (χ1n) is 8.59. The Morgan fingerprint density at radius 1 is 1.08 bits per heavy atom. The summed E-state index contributed by atoms with van der Waals surface area (Å²) < 4.78 is 5.92. The van der Waals surface area contributed by atoms with Crippen LogP contribution in [-0.2, 0) is 6.54 Å². The van der Waals surface area contributed by atoms with E-state index in [2.05, 4.69) is 56.0 Å². The van der Waals surface area contributed by atoms with E-state index in [9.17, 15) is 5.11 Å². The molecule has 0 aliphatic rings. The van der Waals surface area contributed by atoms with Gasteiger partial charge in [-0.1, -0.05) is 56.3 Å². The lowest BCUT2D eigenvalue weighted by Crippen LogP contribution is -2.32. The second-order valence-corrected chi connectivity index (χ2v) is 6.84. The highest BCUT2D eigenvalue weighted by atomic mass is 16.5. The molecular weight excluding hydrogens is 298 g/mol. The third-order valence-corrected chi connectivity index (χ3v) is 4.04. The molecule has 0 amide bonds. The first-order valence-corrected chi connectivity index (χ1v) is 8.59. The Morgan fingerprint density at radius 3 is 2.46 bits per heavy atom. The molecular formula is C21H29NO2. The van der Waals surface area contributed by atoms with Gasteiger partial charge in [0.25, 0.3) is 0 Å². The lowest BCUT2D eigenvalue weighted by molar-refractivity contribution is 0.0739. The SMILES string of the molecule is Cc1ccc(C(C)C)c(OC[C@H](O)CN(C)Cc2ccccc2)c1. The summed E-state index contributed by atoms with van der Waals surface area (Å²) in [6.07, 6.45) is -0.515. The fraction of sp³-hybridized carbons (Fsp3) is 0.429. The summed E-state index contributed by atoms with van der Waals surface area (Å²) >= 11 is 0. The standard InChI is InChI=1S/C21H29NO2/c1-16(2)20-11-10-17(3)12-21(20)24-15-19(23)14-22(4)13-18-8-6-5-7-9-18/h5-12,16,19,23H,13-15H2,1-4H3/t19-/m1/s1. The van der Waals surface area contributed by atoms with E-state index in [-0.39, 0.29) is 0 Å². The number of aliphatic hydroxyl groups excluding tert-OH is 1. The molecule has 2 aromatic carbocycles. The Labute approximate surface area is 145 Å². The van der Waals surface area contributed by atoms with Crippen molar-refractivity contribution in [2.24, 2.45) is 0 Å². The predicted octanol–water partition coefficient (Wildman–Crippen LogP) is 3.99. The summed E-state index contributed by atoms with van der Waals surface area (Å²) in [6.45, 7) is 8.07. The maximum atomic E-state index is 10.3. The Morgan fingerprint density at radius 2 is 1.79 bits per heavy atom. The molecule has 24 heavy (non-hydrogen) atoms. The molecule has 0 aromatic heterocycles. The van der Waals surface area contributed by atoms with Gasteiger partial charge in [0.15, 0.2) is 0 Å². The van der Waals surface area contributed by atoms with Crippen LogP contribution in [-0.4, -0.2) is 36.3 Å². The lowest BCUT2D eigenvalue weighted by atomic mass is 10.0. The van der Waals surface area contributed by atoms with Gasteiger partial charge in [-0.2, -0.15) is 0 Å². The van der Waals surface area contributed by atoms with Crippen LogP contribution in [0.4, 0.5) is 0 Å². The summed E-state index contributed by atoms with van der Waals surface area (Å²) in [7, 11) is 2.02. The molecule has 1 N–H and O–H groups in total. The summed E-state index contributed by atoms with van der Waals surface area (Å²) in [5.74, 6) is 1.29. The number of nitrogens with zero attached hydrogens (tertiary/aromatic N) is 1. The first kappa shape index (κ1) is 18.5. The van der Waals surface area contributed by atoms with Crippen molar-refractivity contribution >= 4 is 0 Å². The van der Waals surface area contributed by atoms with Crippen LogP contribution in [0.1, 0.15) is 36.5 Å². The van der Waals surface area contributed by atoms with Gasteiger partial charge in [-0.05, 0) is 42.6 Å². The van der Waals surface area contributed by atoms with E-state index in [0.717, 1.165) is 12.3 Å². The fourth-order valence-electron chi connectivity index (χ4n) is 2.80. The molecule has 0 bridgehead atoms. The van der Waals surface area contributed by atoms with Gasteiger partial charge in [0.2, 0.25) is 0 Å². The zero-order valence-electron chi connectivity index (χ0n) is 15.2. The van der Waals surface area contributed by atoms with Crippen molar-refractivity contribution in [2.45, 2.75) is 39.3 Å². The van der Waals surface area contributed by atoms with Crippen molar-refractivity contribution in [1.82, 2.24) is 4.90 Å². The molecule has 0 radical (unpaired) electrons. The van der Waals surface area contributed by atoms with E-state index >= 15 is 0 Å². The van der Waals surface area contributed by atoms with Gasteiger partial charge < -0.3 is 9.84 Å².